The summed E-state index contributed by atoms with van der Waals surface area (Å²) >= 11 is 0. The van der Waals surface area contributed by atoms with Crippen LogP contribution in [0.5, 0.6) is 11.5 Å². The predicted octanol–water partition coefficient (Wildman–Crippen LogP) is 3.63. The molecular weight excluding hydrogens is 238 g/mol. The van der Waals surface area contributed by atoms with E-state index in [9.17, 15) is 0 Å². The van der Waals surface area contributed by atoms with Gasteiger partial charge in [-0.25, -0.2) is 0 Å². The Bertz CT molecular complexity index is 322. The van der Waals surface area contributed by atoms with Crippen molar-refractivity contribution >= 4 is 0 Å². The van der Waals surface area contributed by atoms with E-state index in [0.717, 1.165) is 31.1 Å². The van der Waals surface area contributed by atoms with E-state index in [2.05, 4.69) is 19.2 Å². The van der Waals surface area contributed by atoms with E-state index in [0.29, 0.717) is 6.04 Å². The fourth-order valence-corrected chi connectivity index (χ4v) is 1.83. The Morgan fingerprint density at radius 2 is 1.58 bits per heavy atom. The first-order chi connectivity index (χ1) is 9.22. The summed E-state index contributed by atoms with van der Waals surface area (Å²) < 4.78 is 10.8. The molecular formula is C16H27NO2. The monoisotopic (exact) mass is 265 g/mol. The zero-order valence-electron chi connectivity index (χ0n) is 12.4. The molecule has 3 heteroatoms. The van der Waals surface area contributed by atoms with Crippen molar-refractivity contribution in [2.75, 3.05) is 20.3 Å². The van der Waals surface area contributed by atoms with Gasteiger partial charge in [0.05, 0.1) is 13.7 Å². The van der Waals surface area contributed by atoms with Gasteiger partial charge in [-0.05, 0) is 43.7 Å². The minimum atomic E-state index is 0.596. The third-order valence-corrected chi connectivity index (χ3v) is 2.95. The van der Waals surface area contributed by atoms with Crippen molar-refractivity contribution < 1.29 is 9.47 Å². The van der Waals surface area contributed by atoms with Crippen molar-refractivity contribution in [1.29, 1.82) is 0 Å². The van der Waals surface area contributed by atoms with Gasteiger partial charge in [-0.15, -0.1) is 0 Å². The van der Waals surface area contributed by atoms with Gasteiger partial charge in [0, 0.05) is 6.04 Å². The lowest BCUT2D eigenvalue weighted by Gasteiger charge is -2.08. The van der Waals surface area contributed by atoms with Crippen LogP contribution in [0.2, 0.25) is 0 Å². The third kappa shape index (κ3) is 7.73. The summed E-state index contributed by atoms with van der Waals surface area (Å²) in [6, 6.07) is 8.34. The fraction of sp³-hybridized carbons (Fsp3) is 0.625. The summed E-state index contributed by atoms with van der Waals surface area (Å²) in [4.78, 5) is 0. The first-order valence-corrected chi connectivity index (χ1v) is 7.22. The summed E-state index contributed by atoms with van der Waals surface area (Å²) in [5.74, 6) is 1.78. The molecule has 0 bridgehead atoms. The molecule has 0 saturated heterocycles. The van der Waals surface area contributed by atoms with Crippen LogP contribution in [-0.2, 0) is 0 Å². The Morgan fingerprint density at radius 1 is 0.947 bits per heavy atom. The topological polar surface area (TPSA) is 30.5 Å². The quantitative estimate of drug-likeness (QED) is 0.655. The molecule has 0 aliphatic heterocycles. The highest BCUT2D eigenvalue weighted by Gasteiger charge is 1.96. The Kier molecular flexibility index (Phi) is 8.07. The number of benzene rings is 1. The number of rotatable bonds is 10. The van der Waals surface area contributed by atoms with Crippen LogP contribution in [0.4, 0.5) is 0 Å². The van der Waals surface area contributed by atoms with Crippen LogP contribution in [0.15, 0.2) is 24.3 Å². The number of hydrogen-bond acceptors (Lipinski definition) is 3. The number of methoxy groups -OCH3 is 1. The number of nitrogens with one attached hydrogen (secondary N) is 1. The van der Waals surface area contributed by atoms with Crippen molar-refractivity contribution in [3.8, 4) is 11.5 Å². The van der Waals surface area contributed by atoms with Crippen LogP contribution in [-0.4, -0.2) is 26.3 Å². The second-order valence-electron chi connectivity index (χ2n) is 5.05. The maximum absolute atomic E-state index is 5.68. The summed E-state index contributed by atoms with van der Waals surface area (Å²) in [6.07, 6.45) is 4.87. The van der Waals surface area contributed by atoms with E-state index in [1.165, 1.54) is 19.3 Å². The highest BCUT2D eigenvalue weighted by atomic mass is 16.5. The zero-order valence-corrected chi connectivity index (χ0v) is 12.4. The molecule has 0 fully saturated rings. The van der Waals surface area contributed by atoms with E-state index in [1.807, 2.05) is 24.3 Å². The maximum Gasteiger partial charge on any atom is 0.119 e. The molecule has 1 rings (SSSR count). The molecule has 0 unspecified atom stereocenters. The molecule has 1 aromatic carbocycles. The smallest absolute Gasteiger partial charge is 0.119 e. The highest BCUT2D eigenvalue weighted by Crippen LogP contribution is 2.17. The van der Waals surface area contributed by atoms with Gasteiger partial charge in [0.25, 0.3) is 0 Å². The van der Waals surface area contributed by atoms with Crippen molar-refractivity contribution in [1.82, 2.24) is 5.32 Å². The van der Waals surface area contributed by atoms with Crippen LogP contribution in [0.3, 0.4) is 0 Å². The molecule has 1 aromatic rings. The van der Waals surface area contributed by atoms with E-state index >= 15 is 0 Å². The van der Waals surface area contributed by atoms with Crippen molar-refractivity contribution in [3.63, 3.8) is 0 Å². The second kappa shape index (κ2) is 9.68. The Balaban J connectivity index is 1.98. The lowest BCUT2D eigenvalue weighted by Crippen LogP contribution is -2.23. The minimum Gasteiger partial charge on any atom is -0.497 e. The van der Waals surface area contributed by atoms with Gasteiger partial charge in [-0.1, -0.05) is 26.7 Å². The molecule has 0 radical (unpaired) electrons. The van der Waals surface area contributed by atoms with Gasteiger partial charge in [0.15, 0.2) is 0 Å². The number of hydrogen-bond donors (Lipinski definition) is 1. The standard InChI is InChI=1S/C16H27NO2/c1-14(2)17-12-6-4-5-7-13-19-16-10-8-15(18-3)9-11-16/h8-11,14,17H,4-7,12-13H2,1-3H3. The average Bonchev–Trinajstić information content (AvgIpc) is 2.42. The summed E-state index contributed by atoms with van der Waals surface area (Å²) in [6.45, 7) is 6.28. The largest absolute Gasteiger partial charge is 0.497 e. The van der Waals surface area contributed by atoms with Crippen LogP contribution in [0, 0.1) is 0 Å². The molecule has 108 valence electrons. The highest BCUT2D eigenvalue weighted by molar-refractivity contribution is 5.31. The lowest BCUT2D eigenvalue weighted by molar-refractivity contribution is 0.303. The average molecular weight is 265 g/mol. The first kappa shape index (κ1) is 15.8. The van der Waals surface area contributed by atoms with Gasteiger partial charge in [-0.2, -0.15) is 0 Å². The van der Waals surface area contributed by atoms with E-state index in [-0.39, 0.29) is 0 Å². The molecule has 0 amide bonds. The Labute approximate surface area is 117 Å². The molecule has 19 heavy (non-hydrogen) atoms. The summed E-state index contributed by atoms with van der Waals surface area (Å²) in [5.41, 5.74) is 0. The van der Waals surface area contributed by atoms with Crippen LogP contribution >= 0.6 is 0 Å². The maximum atomic E-state index is 5.68. The molecule has 3 nitrogen and oxygen atoms in total. The first-order valence-electron chi connectivity index (χ1n) is 7.22. The van der Waals surface area contributed by atoms with Crippen LogP contribution in [0.1, 0.15) is 39.5 Å². The van der Waals surface area contributed by atoms with Crippen molar-refractivity contribution in [2.45, 2.75) is 45.6 Å². The molecule has 0 aliphatic carbocycles. The fourth-order valence-electron chi connectivity index (χ4n) is 1.83. The third-order valence-electron chi connectivity index (χ3n) is 2.95. The van der Waals surface area contributed by atoms with Crippen LogP contribution in [0.25, 0.3) is 0 Å². The van der Waals surface area contributed by atoms with Crippen molar-refractivity contribution in [2.24, 2.45) is 0 Å². The summed E-state index contributed by atoms with van der Waals surface area (Å²) in [7, 11) is 1.67. The van der Waals surface area contributed by atoms with Crippen molar-refractivity contribution in [3.05, 3.63) is 24.3 Å². The van der Waals surface area contributed by atoms with E-state index < -0.39 is 0 Å². The normalized spacial score (nSPS) is 10.7. The molecule has 0 saturated carbocycles. The Hall–Kier alpha value is -1.22. The molecule has 0 heterocycles. The van der Waals surface area contributed by atoms with Gasteiger partial charge >= 0.3 is 0 Å². The van der Waals surface area contributed by atoms with Crippen LogP contribution < -0.4 is 14.8 Å². The molecule has 0 aromatic heterocycles. The molecule has 0 aliphatic rings. The lowest BCUT2D eigenvalue weighted by atomic mass is 10.2. The predicted molar refractivity (Wildman–Crippen MR) is 80.1 cm³/mol. The molecule has 1 N–H and O–H groups in total. The number of unbranched alkanes of at least 4 members (excludes halogenated alkanes) is 3. The van der Waals surface area contributed by atoms with E-state index in [4.69, 9.17) is 9.47 Å². The van der Waals surface area contributed by atoms with Gasteiger partial charge < -0.3 is 14.8 Å². The Morgan fingerprint density at radius 3 is 2.21 bits per heavy atom. The van der Waals surface area contributed by atoms with E-state index in [1.54, 1.807) is 7.11 Å². The van der Waals surface area contributed by atoms with Gasteiger partial charge in [-0.3, -0.25) is 0 Å². The van der Waals surface area contributed by atoms with Gasteiger partial charge in [0.1, 0.15) is 11.5 Å². The molecule has 0 spiro atoms. The SMILES string of the molecule is COc1ccc(OCCCCCCNC(C)C)cc1. The minimum absolute atomic E-state index is 0.596. The summed E-state index contributed by atoms with van der Waals surface area (Å²) in [5, 5.41) is 3.43. The molecule has 0 atom stereocenters. The zero-order chi connectivity index (χ0) is 13.9. The number of ether oxygens (including phenoxy) is 2. The van der Waals surface area contributed by atoms with Gasteiger partial charge in [0.2, 0.25) is 0 Å². The second-order valence-corrected chi connectivity index (χ2v) is 5.05.